The molecule has 1 aliphatic carbocycles. The standard InChI is InChI=1S/C13H21N3O3S/c14-11-8-10(4-5-12(11)20(15,18)19)16-9-13(17)6-2-1-3-7-13/h4-5,8,16-17H,1-3,6-7,9,14H2,(H2,15,18,19). The van der Waals surface area contributed by atoms with Crippen molar-refractivity contribution in [2.75, 3.05) is 17.6 Å². The summed E-state index contributed by atoms with van der Waals surface area (Å²) in [5.74, 6) is 0. The van der Waals surface area contributed by atoms with Crippen LogP contribution >= 0.6 is 0 Å². The van der Waals surface area contributed by atoms with Crippen LogP contribution in [-0.2, 0) is 10.0 Å². The predicted octanol–water partition coefficient (Wildman–Crippen LogP) is 1.02. The molecule has 6 N–H and O–H groups in total. The van der Waals surface area contributed by atoms with Gasteiger partial charge in [-0.3, -0.25) is 0 Å². The number of benzene rings is 1. The molecule has 0 bridgehead atoms. The summed E-state index contributed by atoms with van der Waals surface area (Å²) in [5.41, 5.74) is 5.78. The van der Waals surface area contributed by atoms with Crippen molar-refractivity contribution in [2.24, 2.45) is 5.14 Å². The third-order valence-corrected chi connectivity index (χ3v) is 4.71. The summed E-state index contributed by atoms with van der Waals surface area (Å²) in [6.45, 7) is 0.432. The molecular formula is C13H21N3O3S. The first-order valence-electron chi connectivity index (χ1n) is 6.69. The lowest BCUT2D eigenvalue weighted by atomic mass is 9.85. The van der Waals surface area contributed by atoms with Crippen LogP contribution in [0, 0.1) is 0 Å². The van der Waals surface area contributed by atoms with E-state index in [1.807, 2.05) is 0 Å². The molecule has 20 heavy (non-hydrogen) atoms. The molecule has 0 spiro atoms. The third-order valence-electron chi connectivity index (χ3n) is 3.72. The molecule has 7 heteroatoms. The van der Waals surface area contributed by atoms with Gasteiger partial charge in [0.15, 0.2) is 0 Å². The molecule has 0 aromatic heterocycles. The Kier molecular flexibility index (Phi) is 4.22. The second-order valence-electron chi connectivity index (χ2n) is 5.44. The number of anilines is 2. The number of nitrogen functional groups attached to an aromatic ring is 1. The van der Waals surface area contributed by atoms with Crippen LogP contribution in [0.2, 0.25) is 0 Å². The Morgan fingerprint density at radius 2 is 1.90 bits per heavy atom. The van der Waals surface area contributed by atoms with Crippen molar-refractivity contribution in [3.05, 3.63) is 18.2 Å². The SMILES string of the molecule is Nc1cc(NCC2(O)CCCCC2)ccc1S(N)(=O)=O. The average molecular weight is 299 g/mol. The van der Waals surface area contributed by atoms with Crippen LogP contribution in [0.4, 0.5) is 11.4 Å². The fourth-order valence-corrected chi connectivity index (χ4v) is 3.22. The van der Waals surface area contributed by atoms with Gasteiger partial charge < -0.3 is 16.2 Å². The summed E-state index contributed by atoms with van der Waals surface area (Å²) in [6, 6.07) is 4.49. The van der Waals surface area contributed by atoms with Gasteiger partial charge in [0.25, 0.3) is 0 Å². The highest BCUT2D eigenvalue weighted by molar-refractivity contribution is 7.89. The molecule has 2 rings (SSSR count). The van der Waals surface area contributed by atoms with E-state index in [1.54, 1.807) is 6.07 Å². The van der Waals surface area contributed by atoms with Crippen LogP contribution in [0.1, 0.15) is 32.1 Å². The molecule has 0 amide bonds. The first-order chi connectivity index (χ1) is 9.30. The van der Waals surface area contributed by atoms with E-state index < -0.39 is 15.6 Å². The van der Waals surface area contributed by atoms with Crippen LogP contribution in [0.5, 0.6) is 0 Å². The summed E-state index contributed by atoms with van der Waals surface area (Å²) in [4.78, 5) is -0.0839. The second kappa shape index (κ2) is 5.59. The molecule has 0 radical (unpaired) electrons. The van der Waals surface area contributed by atoms with E-state index >= 15 is 0 Å². The van der Waals surface area contributed by atoms with Gasteiger partial charge in [-0.1, -0.05) is 19.3 Å². The number of hydrogen-bond donors (Lipinski definition) is 4. The molecular weight excluding hydrogens is 278 g/mol. The maximum Gasteiger partial charge on any atom is 0.240 e. The normalized spacial score (nSPS) is 18.7. The minimum absolute atomic E-state index is 0.0839. The molecule has 1 fully saturated rings. The number of primary sulfonamides is 1. The van der Waals surface area contributed by atoms with E-state index in [9.17, 15) is 13.5 Å². The van der Waals surface area contributed by atoms with E-state index in [4.69, 9.17) is 10.9 Å². The van der Waals surface area contributed by atoms with Crippen molar-refractivity contribution in [2.45, 2.75) is 42.6 Å². The first kappa shape index (κ1) is 15.1. The molecule has 1 aromatic rings. The topological polar surface area (TPSA) is 118 Å². The molecule has 112 valence electrons. The van der Waals surface area contributed by atoms with Crippen molar-refractivity contribution in [3.8, 4) is 0 Å². The molecule has 1 aliphatic rings. The van der Waals surface area contributed by atoms with Gasteiger partial charge in [-0.05, 0) is 31.0 Å². The lowest BCUT2D eigenvalue weighted by Gasteiger charge is -2.32. The van der Waals surface area contributed by atoms with Crippen molar-refractivity contribution >= 4 is 21.4 Å². The van der Waals surface area contributed by atoms with Crippen molar-refractivity contribution < 1.29 is 13.5 Å². The Bertz CT molecular complexity index is 581. The quantitative estimate of drug-likeness (QED) is 0.619. The monoisotopic (exact) mass is 299 g/mol. The van der Waals surface area contributed by atoms with Gasteiger partial charge in [-0.2, -0.15) is 0 Å². The highest BCUT2D eigenvalue weighted by Gasteiger charge is 2.28. The molecule has 0 saturated heterocycles. The van der Waals surface area contributed by atoms with Gasteiger partial charge in [0.1, 0.15) is 4.90 Å². The summed E-state index contributed by atoms with van der Waals surface area (Å²) in [5, 5.41) is 18.5. The van der Waals surface area contributed by atoms with Gasteiger partial charge in [0, 0.05) is 12.2 Å². The Morgan fingerprint density at radius 3 is 2.45 bits per heavy atom. The molecule has 0 heterocycles. The fraction of sp³-hybridized carbons (Fsp3) is 0.538. The lowest BCUT2D eigenvalue weighted by Crippen LogP contribution is -2.38. The average Bonchev–Trinajstić information content (AvgIpc) is 2.36. The first-order valence-corrected chi connectivity index (χ1v) is 8.23. The molecule has 1 aromatic carbocycles. The van der Waals surface area contributed by atoms with Gasteiger partial charge in [0.05, 0.1) is 11.3 Å². The van der Waals surface area contributed by atoms with E-state index in [0.717, 1.165) is 32.1 Å². The fourth-order valence-electron chi connectivity index (χ4n) is 2.57. The Labute approximate surface area is 119 Å². The van der Waals surface area contributed by atoms with Gasteiger partial charge in [-0.15, -0.1) is 0 Å². The summed E-state index contributed by atoms with van der Waals surface area (Å²) < 4.78 is 22.5. The van der Waals surface area contributed by atoms with E-state index in [-0.39, 0.29) is 10.6 Å². The van der Waals surface area contributed by atoms with E-state index in [1.165, 1.54) is 12.1 Å². The summed E-state index contributed by atoms with van der Waals surface area (Å²) in [7, 11) is -3.80. The number of hydrogen-bond acceptors (Lipinski definition) is 5. The zero-order valence-electron chi connectivity index (χ0n) is 11.3. The number of rotatable bonds is 4. The predicted molar refractivity (Wildman–Crippen MR) is 78.8 cm³/mol. The Hall–Kier alpha value is -1.31. The van der Waals surface area contributed by atoms with Crippen LogP contribution in [0.15, 0.2) is 23.1 Å². The maximum atomic E-state index is 11.3. The van der Waals surface area contributed by atoms with Crippen molar-refractivity contribution in [3.63, 3.8) is 0 Å². The molecule has 1 saturated carbocycles. The van der Waals surface area contributed by atoms with Gasteiger partial charge in [0.2, 0.25) is 10.0 Å². The van der Waals surface area contributed by atoms with Crippen LogP contribution < -0.4 is 16.2 Å². The molecule has 0 atom stereocenters. The van der Waals surface area contributed by atoms with Crippen LogP contribution in [0.25, 0.3) is 0 Å². The zero-order valence-corrected chi connectivity index (χ0v) is 12.1. The van der Waals surface area contributed by atoms with Crippen molar-refractivity contribution in [1.82, 2.24) is 0 Å². The smallest absolute Gasteiger partial charge is 0.240 e. The number of nitrogens with two attached hydrogens (primary N) is 2. The molecule has 0 unspecified atom stereocenters. The number of aliphatic hydroxyl groups is 1. The molecule has 0 aliphatic heterocycles. The van der Waals surface area contributed by atoms with E-state index in [0.29, 0.717) is 12.2 Å². The third kappa shape index (κ3) is 3.62. The maximum absolute atomic E-state index is 11.3. The largest absolute Gasteiger partial charge is 0.398 e. The zero-order chi connectivity index (χ0) is 14.8. The Morgan fingerprint density at radius 1 is 1.25 bits per heavy atom. The van der Waals surface area contributed by atoms with E-state index in [2.05, 4.69) is 5.32 Å². The highest BCUT2D eigenvalue weighted by atomic mass is 32.2. The van der Waals surface area contributed by atoms with Gasteiger partial charge in [-0.25, -0.2) is 13.6 Å². The van der Waals surface area contributed by atoms with Gasteiger partial charge >= 0.3 is 0 Å². The lowest BCUT2D eigenvalue weighted by molar-refractivity contribution is 0.0167. The highest BCUT2D eigenvalue weighted by Crippen LogP contribution is 2.29. The Balaban J connectivity index is 2.06. The second-order valence-corrected chi connectivity index (χ2v) is 6.97. The minimum Gasteiger partial charge on any atom is -0.398 e. The summed E-state index contributed by atoms with van der Waals surface area (Å²) >= 11 is 0. The van der Waals surface area contributed by atoms with Crippen LogP contribution in [0.3, 0.4) is 0 Å². The minimum atomic E-state index is -3.80. The molecule has 6 nitrogen and oxygen atoms in total. The van der Waals surface area contributed by atoms with Crippen molar-refractivity contribution in [1.29, 1.82) is 0 Å². The number of sulfonamides is 1. The van der Waals surface area contributed by atoms with Crippen LogP contribution in [-0.4, -0.2) is 25.7 Å². The summed E-state index contributed by atoms with van der Waals surface area (Å²) in [6.07, 6.45) is 4.79. The number of nitrogens with one attached hydrogen (secondary N) is 1.